The first kappa shape index (κ1) is 9.22. The van der Waals surface area contributed by atoms with Gasteiger partial charge in [0.2, 0.25) is 5.91 Å². The molecule has 3 heteroatoms. The molecule has 1 unspecified atom stereocenters. The molecule has 1 saturated heterocycles. The smallest absolute Gasteiger partial charge is 0.231 e. The lowest BCUT2D eigenvalue weighted by molar-refractivity contribution is -0.121. The van der Waals surface area contributed by atoms with Gasteiger partial charge in [-0.3, -0.25) is 4.79 Å². The normalized spacial score (nSPS) is 33.8. The number of hydrogen-bond acceptors (Lipinski definition) is 1. The Labute approximate surface area is 93.8 Å². The highest BCUT2D eigenvalue weighted by molar-refractivity contribution is 6.24. The molecule has 78 valence electrons. The number of para-hydroxylation sites is 1. The van der Waals surface area contributed by atoms with Crippen LogP contribution in [0.1, 0.15) is 12.8 Å². The average Bonchev–Trinajstić information content (AvgIpc) is 2.75. The first-order valence-corrected chi connectivity index (χ1v) is 5.73. The Morgan fingerprint density at radius 1 is 1.20 bits per heavy atom. The van der Waals surface area contributed by atoms with Crippen molar-refractivity contribution >= 4 is 23.2 Å². The van der Waals surface area contributed by atoms with E-state index in [2.05, 4.69) is 0 Å². The minimum atomic E-state index is 0.0527. The summed E-state index contributed by atoms with van der Waals surface area (Å²) >= 11 is 6.11. The molecule has 1 aliphatic heterocycles. The molecular formula is C12H12ClNO. The van der Waals surface area contributed by atoms with Crippen LogP contribution in [0, 0.1) is 5.92 Å². The first-order chi connectivity index (χ1) is 7.27. The summed E-state index contributed by atoms with van der Waals surface area (Å²) < 4.78 is 0. The van der Waals surface area contributed by atoms with Crippen molar-refractivity contribution in [1.29, 1.82) is 0 Å². The maximum absolute atomic E-state index is 12.0. The molecule has 1 aliphatic carbocycles. The van der Waals surface area contributed by atoms with Crippen LogP contribution in [0.4, 0.5) is 5.69 Å². The van der Waals surface area contributed by atoms with Crippen LogP contribution in [0.25, 0.3) is 0 Å². The third-order valence-corrected chi connectivity index (χ3v) is 3.90. The number of nitrogens with zero attached hydrogens (tertiary/aromatic N) is 1. The second-order valence-electron chi connectivity index (χ2n) is 4.29. The first-order valence-electron chi connectivity index (χ1n) is 5.29. The van der Waals surface area contributed by atoms with Crippen molar-refractivity contribution in [2.45, 2.75) is 24.3 Å². The van der Waals surface area contributed by atoms with Gasteiger partial charge in [0.1, 0.15) is 0 Å². The van der Waals surface area contributed by atoms with E-state index in [1.807, 2.05) is 35.2 Å². The van der Waals surface area contributed by atoms with Gasteiger partial charge >= 0.3 is 0 Å². The van der Waals surface area contributed by atoms with Gasteiger partial charge in [-0.15, -0.1) is 11.6 Å². The molecule has 1 amide bonds. The van der Waals surface area contributed by atoms with Gasteiger partial charge in [0, 0.05) is 17.1 Å². The molecule has 1 aromatic rings. The van der Waals surface area contributed by atoms with E-state index in [1.54, 1.807) is 0 Å². The molecule has 3 rings (SSSR count). The Hall–Kier alpha value is -1.02. The lowest BCUT2D eigenvalue weighted by Gasteiger charge is -2.29. The Bertz CT molecular complexity index is 392. The number of halogens is 1. The third kappa shape index (κ3) is 1.28. The number of rotatable bonds is 1. The highest BCUT2D eigenvalue weighted by atomic mass is 35.5. The molecule has 3 atom stereocenters. The minimum Gasteiger partial charge on any atom is -0.309 e. The van der Waals surface area contributed by atoms with E-state index in [4.69, 9.17) is 11.6 Å². The fourth-order valence-corrected chi connectivity index (χ4v) is 3.13. The van der Waals surface area contributed by atoms with Crippen LogP contribution in [-0.4, -0.2) is 17.3 Å². The standard InChI is InChI=1S/C12H12ClNO/c13-11-7-9-6-10(11)12(15)14(9)8-4-2-1-3-5-8/h1-5,9-11H,6-7H2/t9-,10-,11?/m1/s1. The van der Waals surface area contributed by atoms with E-state index in [0.717, 1.165) is 18.5 Å². The molecule has 2 fully saturated rings. The molecule has 0 spiro atoms. The monoisotopic (exact) mass is 221 g/mol. The van der Waals surface area contributed by atoms with E-state index in [0.29, 0.717) is 6.04 Å². The summed E-state index contributed by atoms with van der Waals surface area (Å²) in [4.78, 5) is 13.9. The number of piperidine rings is 1. The highest BCUT2D eigenvalue weighted by Crippen LogP contribution is 2.43. The molecule has 2 bridgehead atoms. The summed E-state index contributed by atoms with van der Waals surface area (Å²) in [7, 11) is 0. The van der Waals surface area contributed by atoms with Gasteiger partial charge in [-0.2, -0.15) is 0 Å². The number of carbonyl (C=O) groups is 1. The summed E-state index contributed by atoms with van der Waals surface area (Å²) in [6, 6.07) is 10.2. The van der Waals surface area contributed by atoms with Crippen LogP contribution in [0.3, 0.4) is 0 Å². The zero-order chi connectivity index (χ0) is 10.4. The summed E-state index contributed by atoms with van der Waals surface area (Å²) in [5, 5.41) is 0.0578. The van der Waals surface area contributed by atoms with E-state index < -0.39 is 0 Å². The van der Waals surface area contributed by atoms with E-state index in [9.17, 15) is 4.79 Å². The quantitative estimate of drug-likeness (QED) is 0.667. The van der Waals surface area contributed by atoms with Gasteiger partial charge in [0.15, 0.2) is 0 Å². The largest absolute Gasteiger partial charge is 0.309 e. The van der Waals surface area contributed by atoms with Crippen LogP contribution in [0.5, 0.6) is 0 Å². The van der Waals surface area contributed by atoms with Crippen LogP contribution < -0.4 is 4.90 Å². The summed E-state index contributed by atoms with van der Waals surface area (Å²) in [5.74, 6) is 0.259. The van der Waals surface area contributed by atoms with Gasteiger partial charge in [-0.25, -0.2) is 0 Å². The van der Waals surface area contributed by atoms with Crippen molar-refractivity contribution in [3.8, 4) is 0 Å². The van der Waals surface area contributed by atoms with Crippen molar-refractivity contribution in [1.82, 2.24) is 0 Å². The van der Waals surface area contributed by atoms with Crippen LogP contribution in [-0.2, 0) is 4.79 Å². The maximum atomic E-state index is 12.0. The molecule has 0 aromatic heterocycles. The summed E-state index contributed by atoms with van der Waals surface area (Å²) in [6.07, 6.45) is 1.87. The number of carbonyl (C=O) groups excluding carboxylic acids is 1. The third-order valence-electron chi connectivity index (χ3n) is 3.41. The SMILES string of the molecule is O=C1[C@@H]2C[C@H](CC2Cl)N1c1ccccc1. The number of anilines is 1. The molecule has 0 N–H and O–H groups in total. The van der Waals surface area contributed by atoms with Crippen molar-refractivity contribution in [2.75, 3.05) is 4.90 Å². The highest BCUT2D eigenvalue weighted by Gasteiger charge is 2.50. The van der Waals surface area contributed by atoms with Crippen LogP contribution in [0.2, 0.25) is 0 Å². The number of amides is 1. The lowest BCUT2D eigenvalue weighted by Crippen LogP contribution is -2.40. The predicted octanol–water partition coefficient (Wildman–Crippen LogP) is 2.42. The zero-order valence-electron chi connectivity index (χ0n) is 8.27. The van der Waals surface area contributed by atoms with Crippen molar-refractivity contribution in [3.05, 3.63) is 30.3 Å². The molecule has 0 radical (unpaired) electrons. The Balaban J connectivity index is 1.94. The maximum Gasteiger partial charge on any atom is 0.231 e. The number of benzene rings is 1. The molecule has 1 aromatic carbocycles. The van der Waals surface area contributed by atoms with Gasteiger partial charge in [-0.05, 0) is 25.0 Å². The van der Waals surface area contributed by atoms with Gasteiger partial charge in [0.25, 0.3) is 0 Å². The molecule has 1 saturated carbocycles. The molecule has 1 heterocycles. The minimum absolute atomic E-state index is 0.0527. The molecular weight excluding hydrogens is 210 g/mol. The summed E-state index contributed by atoms with van der Waals surface area (Å²) in [5.41, 5.74) is 1.01. The van der Waals surface area contributed by atoms with Gasteiger partial charge < -0.3 is 4.90 Å². The Morgan fingerprint density at radius 3 is 2.53 bits per heavy atom. The number of hydrogen-bond donors (Lipinski definition) is 0. The van der Waals surface area contributed by atoms with Gasteiger partial charge in [-0.1, -0.05) is 18.2 Å². The summed E-state index contributed by atoms with van der Waals surface area (Å²) in [6.45, 7) is 0. The number of fused-ring (bicyclic) bond motifs is 2. The van der Waals surface area contributed by atoms with E-state index >= 15 is 0 Å². The second kappa shape index (κ2) is 3.24. The average molecular weight is 222 g/mol. The topological polar surface area (TPSA) is 20.3 Å². The fraction of sp³-hybridized carbons (Fsp3) is 0.417. The van der Waals surface area contributed by atoms with Crippen molar-refractivity contribution < 1.29 is 4.79 Å². The van der Waals surface area contributed by atoms with Crippen LogP contribution >= 0.6 is 11.6 Å². The molecule has 15 heavy (non-hydrogen) atoms. The van der Waals surface area contributed by atoms with Crippen molar-refractivity contribution in [2.24, 2.45) is 5.92 Å². The molecule has 2 nitrogen and oxygen atoms in total. The zero-order valence-corrected chi connectivity index (χ0v) is 9.02. The molecule has 2 aliphatic rings. The second-order valence-corrected chi connectivity index (χ2v) is 4.85. The van der Waals surface area contributed by atoms with E-state index in [1.165, 1.54) is 0 Å². The lowest BCUT2D eigenvalue weighted by atomic mass is 10.1. The number of alkyl halides is 1. The van der Waals surface area contributed by atoms with Crippen molar-refractivity contribution in [3.63, 3.8) is 0 Å². The fourth-order valence-electron chi connectivity index (χ4n) is 2.71. The van der Waals surface area contributed by atoms with E-state index in [-0.39, 0.29) is 17.2 Å². The van der Waals surface area contributed by atoms with Gasteiger partial charge in [0.05, 0.1) is 5.92 Å². The van der Waals surface area contributed by atoms with Crippen LogP contribution in [0.15, 0.2) is 30.3 Å². The Morgan fingerprint density at radius 2 is 1.93 bits per heavy atom. The predicted molar refractivity (Wildman–Crippen MR) is 60.1 cm³/mol. The Kier molecular flexibility index (Phi) is 1.99.